The van der Waals surface area contributed by atoms with Crippen LogP contribution in [0, 0.1) is 11.3 Å². The van der Waals surface area contributed by atoms with Gasteiger partial charge in [0.05, 0.1) is 25.3 Å². The third-order valence-electron chi connectivity index (χ3n) is 3.80. The lowest BCUT2D eigenvalue weighted by molar-refractivity contribution is 0.0767. The molecule has 2 aromatic rings. The molecule has 1 saturated heterocycles. The lowest BCUT2D eigenvalue weighted by atomic mass is 10.3. The number of carbonyl (C=O) groups excluding carboxylic acids is 1. The summed E-state index contributed by atoms with van der Waals surface area (Å²) in [7, 11) is 3.23. The quantitative estimate of drug-likeness (QED) is 0.831. The monoisotopic (exact) mass is 327 g/mol. The Morgan fingerprint density at radius 1 is 1.50 bits per heavy atom. The van der Waals surface area contributed by atoms with Gasteiger partial charge >= 0.3 is 0 Å². The molecule has 0 aliphatic carbocycles. The fourth-order valence-electron chi connectivity index (χ4n) is 2.66. The second kappa shape index (κ2) is 6.58. The Kier molecular flexibility index (Phi) is 4.33. The van der Waals surface area contributed by atoms with E-state index in [0.717, 1.165) is 0 Å². The molecular weight excluding hydrogens is 310 g/mol. The minimum Gasteiger partial charge on any atom is -0.479 e. The van der Waals surface area contributed by atoms with Gasteiger partial charge in [-0.25, -0.2) is 4.98 Å². The van der Waals surface area contributed by atoms with Crippen molar-refractivity contribution >= 4 is 5.91 Å². The predicted octanol–water partition coefficient (Wildman–Crippen LogP) is 0.989. The molecule has 0 bridgehead atoms. The number of hydrogen-bond acceptors (Lipinski definition) is 6. The predicted molar refractivity (Wildman–Crippen MR) is 83.6 cm³/mol. The van der Waals surface area contributed by atoms with Crippen molar-refractivity contribution in [2.75, 3.05) is 20.2 Å². The van der Waals surface area contributed by atoms with Crippen molar-refractivity contribution in [1.82, 2.24) is 19.7 Å². The number of methoxy groups -OCH3 is 1. The van der Waals surface area contributed by atoms with Crippen molar-refractivity contribution in [3.05, 3.63) is 35.7 Å². The number of nitriles is 1. The third-order valence-corrected chi connectivity index (χ3v) is 3.80. The number of aromatic nitrogens is 3. The first-order valence-electron chi connectivity index (χ1n) is 7.50. The molecule has 2 aromatic heterocycles. The molecule has 124 valence electrons. The van der Waals surface area contributed by atoms with Gasteiger partial charge in [0.1, 0.15) is 11.7 Å². The van der Waals surface area contributed by atoms with E-state index in [1.54, 1.807) is 35.0 Å². The maximum Gasteiger partial charge on any atom is 0.261 e. The highest BCUT2D eigenvalue weighted by Crippen LogP contribution is 2.22. The van der Waals surface area contributed by atoms with Gasteiger partial charge in [0.15, 0.2) is 0 Å². The van der Waals surface area contributed by atoms with E-state index in [2.05, 4.69) is 10.1 Å². The first-order chi connectivity index (χ1) is 11.6. The Bertz CT molecular complexity index is 795. The number of hydrogen-bond donors (Lipinski definition) is 0. The Morgan fingerprint density at radius 3 is 3.08 bits per heavy atom. The van der Waals surface area contributed by atoms with Gasteiger partial charge in [-0.05, 0) is 6.07 Å². The zero-order valence-corrected chi connectivity index (χ0v) is 13.5. The standard InChI is InChI=1S/C16H17N5O3/c1-20-10-13(15(19-20)23-2)16(22)21-6-4-12(9-21)24-14-7-11(8-17)3-5-18-14/h3,5,7,10,12H,4,6,9H2,1-2H3. The van der Waals surface area contributed by atoms with Gasteiger partial charge in [-0.15, -0.1) is 5.10 Å². The molecule has 1 aliphatic heterocycles. The average molecular weight is 327 g/mol. The van der Waals surface area contributed by atoms with E-state index in [1.165, 1.54) is 13.3 Å². The molecule has 1 aliphatic rings. The summed E-state index contributed by atoms with van der Waals surface area (Å²) in [4.78, 5) is 18.4. The highest BCUT2D eigenvalue weighted by atomic mass is 16.5. The number of ether oxygens (including phenoxy) is 2. The lowest BCUT2D eigenvalue weighted by Crippen LogP contribution is -2.31. The summed E-state index contributed by atoms with van der Waals surface area (Å²) in [6.07, 6.45) is 3.73. The lowest BCUT2D eigenvalue weighted by Gasteiger charge is -2.16. The number of rotatable bonds is 4. The van der Waals surface area contributed by atoms with Crippen molar-refractivity contribution in [2.45, 2.75) is 12.5 Å². The molecule has 0 N–H and O–H groups in total. The van der Waals surface area contributed by atoms with Crippen molar-refractivity contribution < 1.29 is 14.3 Å². The summed E-state index contributed by atoms with van der Waals surface area (Å²) in [6.45, 7) is 1.04. The SMILES string of the molecule is COc1nn(C)cc1C(=O)N1CCC(Oc2cc(C#N)ccn2)C1. The Balaban J connectivity index is 1.66. The zero-order chi connectivity index (χ0) is 17.1. The van der Waals surface area contributed by atoms with E-state index in [0.29, 0.717) is 42.4 Å². The van der Waals surface area contributed by atoms with Crippen molar-refractivity contribution in [3.63, 3.8) is 0 Å². The maximum atomic E-state index is 12.6. The van der Waals surface area contributed by atoms with Crippen LogP contribution in [-0.2, 0) is 7.05 Å². The molecule has 24 heavy (non-hydrogen) atoms. The molecule has 0 saturated carbocycles. The molecular formula is C16H17N5O3. The van der Waals surface area contributed by atoms with Crippen LogP contribution in [0.5, 0.6) is 11.8 Å². The summed E-state index contributed by atoms with van der Waals surface area (Å²) in [5.41, 5.74) is 0.927. The molecule has 3 rings (SSSR count). The van der Waals surface area contributed by atoms with Crippen LogP contribution in [0.25, 0.3) is 0 Å². The first kappa shape index (κ1) is 15.8. The Labute approximate surface area is 139 Å². The van der Waals surface area contributed by atoms with Crippen molar-refractivity contribution in [2.24, 2.45) is 7.05 Å². The largest absolute Gasteiger partial charge is 0.479 e. The highest BCUT2D eigenvalue weighted by Gasteiger charge is 2.31. The van der Waals surface area contributed by atoms with Crippen LogP contribution in [0.4, 0.5) is 0 Å². The summed E-state index contributed by atoms with van der Waals surface area (Å²) < 4.78 is 12.5. The van der Waals surface area contributed by atoms with E-state index in [-0.39, 0.29) is 12.0 Å². The van der Waals surface area contributed by atoms with Gasteiger partial charge in [0.25, 0.3) is 5.91 Å². The number of carbonyl (C=O) groups is 1. The second-order valence-corrected chi connectivity index (χ2v) is 5.50. The van der Waals surface area contributed by atoms with Gasteiger partial charge in [0.2, 0.25) is 11.8 Å². The van der Waals surface area contributed by atoms with E-state index in [1.807, 2.05) is 6.07 Å². The molecule has 1 unspecified atom stereocenters. The minimum absolute atomic E-state index is 0.134. The number of aryl methyl sites for hydroxylation is 1. The second-order valence-electron chi connectivity index (χ2n) is 5.50. The topological polar surface area (TPSA) is 93.3 Å². The van der Waals surface area contributed by atoms with E-state index >= 15 is 0 Å². The van der Waals surface area contributed by atoms with E-state index < -0.39 is 0 Å². The van der Waals surface area contributed by atoms with Crippen molar-refractivity contribution in [3.8, 4) is 17.8 Å². The molecule has 1 amide bonds. The van der Waals surface area contributed by atoms with E-state index in [9.17, 15) is 4.79 Å². The summed E-state index contributed by atoms with van der Waals surface area (Å²) >= 11 is 0. The van der Waals surface area contributed by atoms with Gasteiger partial charge in [-0.3, -0.25) is 9.48 Å². The normalized spacial score (nSPS) is 16.7. The van der Waals surface area contributed by atoms with Crippen LogP contribution in [0.15, 0.2) is 24.5 Å². The maximum absolute atomic E-state index is 12.6. The summed E-state index contributed by atoms with van der Waals surface area (Å²) in [6, 6.07) is 5.26. The van der Waals surface area contributed by atoms with Crippen LogP contribution < -0.4 is 9.47 Å². The summed E-state index contributed by atoms with van der Waals surface area (Å²) in [5.74, 6) is 0.576. The molecule has 3 heterocycles. The van der Waals surface area contributed by atoms with Gasteiger partial charge in [-0.1, -0.05) is 0 Å². The first-order valence-corrected chi connectivity index (χ1v) is 7.50. The fourth-order valence-corrected chi connectivity index (χ4v) is 2.66. The number of pyridine rings is 1. The number of nitrogens with zero attached hydrogens (tertiary/aromatic N) is 5. The van der Waals surface area contributed by atoms with Crippen LogP contribution in [0.3, 0.4) is 0 Å². The highest BCUT2D eigenvalue weighted by molar-refractivity contribution is 5.96. The Morgan fingerprint density at radius 2 is 2.33 bits per heavy atom. The number of likely N-dealkylation sites (tertiary alicyclic amines) is 1. The van der Waals surface area contributed by atoms with Crippen LogP contribution in [0.2, 0.25) is 0 Å². The summed E-state index contributed by atoms with van der Waals surface area (Å²) in [5, 5.41) is 13.0. The average Bonchev–Trinajstić information content (AvgIpc) is 3.20. The van der Waals surface area contributed by atoms with Crippen LogP contribution in [0.1, 0.15) is 22.3 Å². The van der Waals surface area contributed by atoms with E-state index in [4.69, 9.17) is 14.7 Å². The Hall–Kier alpha value is -3.08. The molecule has 0 spiro atoms. The molecule has 0 aromatic carbocycles. The van der Waals surface area contributed by atoms with Crippen LogP contribution in [-0.4, -0.2) is 51.9 Å². The molecule has 0 radical (unpaired) electrons. The molecule has 8 heteroatoms. The number of amides is 1. The van der Waals surface area contributed by atoms with Gasteiger partial charge < -0.3 is 14.4 Å². The minimum atomic E-state index is -0.155. The molecule has 8 nitrogen and oxygen atoms in total. The molecule has 1 atom stereocenters. The van der Waals surface area contributed by atoms with Crippen LogP contribution >= 0.6 is 0 Å². The smallest absolute Gasteiger partial charge is 0.261 e. The van der Waals surface area contributed by atoms with Gasteiger partial charge in [-0.2, -0.15) is 5.26 Å². The zero-order valence-electron chi connectivity index (χ0n) is 13.5. The van der Waals surface area contributed by atoms with Gasteiger partial charge in [0, 0.05) is 38.5 Å². The molecule has 1 fully saturated rings. The van der Waals surface area contributed by atoms with Crippen molar-refractivity contribution in [1.29, 1.82) is 5.26 Å². The third kappa shape index (κ3) is 3.15. The fraction of sp³-hybridized carbons (Fsp3) is 0.375.